The molecule has 1 saturated heterocycles. The molecule has 1 fully saturated rings. The molecular formula is C12H15BrN2O2. The van der Waals surface area contributed by atoms with Crippen molar-refractivity contribution in [3.63, 3.8) is 0 Å². The highest BCUT2D eigenvalue weighted by Crippen LogP contribution is 2.24. The number of carbonyl (C=O) groups excluding carboxylic acids is 1. The number of hydrogen-bond acceptors (Lipinski definition) is 2. The number of amides is 2. The third kappa shape index (κ3) is 2.79. The van der Waals surface area contributed by atoms with Crippen LogP contribution in [-0.2, 0) is 0 Å². The average Bonchev–Trinajstić information content (AvgIpc) is 2.72. The van der Waals surface area contributed by atoms with Crippen LogP contribution in [0.2, 0.25) is 0 Å². The monoisotopic (exact) mass is 298 g/mol. The Morgan fingerprint density at radius 3 is 3.00 bits per heavy atom. The number of likely N-dealkylation sites (tertiary alicyclic amines) is 1. The molecule has 4 nitrogen and oxygen atoms in total. The van der Waals surface area contributed by atoms with Crippen molar-refractivity contribution < 1.29 is 9.90 Å². The SMILES string of the molecule is Cc1c(Br)cccc1NC(=O)N1CC[C@@H](O)C1. The lowest BCUT2D eigenvalue weighted by atomic mass is 10.2. The van der Waals surface area contributed by atoms with E-state index in [1.807, 2.05) is 25.1 Å². The number of benzene rings is 1. The van der Waals surface area contributed by atoms with Crippen LogP contribution in [0.25, 0.3) is 0 Å². The standard InChI is InChI=1S/C12H15BrN2O2/c1-8-10(13)3-2-4-11(8)14-12(17)15-6-5-9(16)7-15/h2-4,9,16H,5-7H2,1H3,(H,14,17)/t9-/m1/s1. The highest BCUT2D eigenvalue weighted by molar-refractivity contribution is 9.10. The highest BCUT2D eigenvalue weighted by atomic mass is 79.9. The summed E-state index contributed by atoms with van der Waals surface area (Å²) in [6.45, 7) is 2.97. The molecule has 0 unspecified atom stereocenters. The van der Waals surface area contributed by atoms with Crippen LogP contribution in [0.1, 0.15) is 12.0 Å². The second-order valence-electron chi connectivity index (χ2n) is 4.23. The summed E-state index contributed by atoms with van der Waals surface area (Å²) in [5.41, 5.74) is 1.80. The van der Waals surface area contributed by atoms with Crippen LogP contribution in [0.4, 0.5) is 10.5 Å². The van der Waals surface area contributed by atoms with Gasteiger partial charge in [0, 0.05) is 23.2 Å². The zero-order valence-electron chi connectivity index (χ0n) is 9.61. The maximum atomic E-state index is 11.9. The molecule has 1 aromatic rings. The van der Waals surface area contributed by atoms with Gasteiger partial charge in [0.2, 0.25) is 0 Å². The van der Waals surface area contributed by atoms with Crippen LogP contribution in [0.3, 0.4) is 0 Å². The van der Waals surface area contributed by atoms with Gasteiger partial charge in [0.1, 0.15) is 0 Å². The fourth-order valence-electron chi connectivity index (χ4n) is 1.86. The quantitative estimate of drug-likeness (QED) is 0.836. The zero-order valence-corrected chi connectivity index (χ0v) is 11.2. The van der Waals surface area contributed by atoms with E-state index in [1.165, 1.54) is 0 Å². The Morgan fingerprint density at radius 2 is 2.35 bits per heavy atom. The summed E-state index contributed by atoms with van der Waals surface area (Å²) >= 11 is 3.42. The van der Waals surface area contributed by atoms with E-state index in [1.54, 1.807) is 4.90 Å². The summed E-state index contributed by atoms with van der Waals surface area (Å²) in [5, 5.41) is 12.2. The predicted molar refractivity (Wildman–Crippen MR) is 70.1 cm³/mol. The summed E-state index contributed by atoms with van der Waals surface area (Å²) in [6, 6.07) is 5.53. The lowest BCUT2D eigenvalue weighted by Gasteiger charge is -2.17. The molecule has 2 N–H and O–H groups in total. The van der Waals surface area contributed by atoms with Crippen molar-refractivity contribution in [2.45, 2.75) is 19.4 Å². The molecule has 1 atom stereocenters. The van der Waals surface area contributed by atoms with Crippen LogP contribution in [0.15, 0.2) is 22.7 Å². The first kappa shape index (κ1) is 12.4. The second kappa shape index (κ2) is 5.06. The molecule has 0 saturated carbocycles. The van der Waals surface area contributed by atoms with E-state index < -0.39 is 0 Å². The summed E-state index contributed by atoms with van der Waals surface area (Å²) < 4.78 is 0.969. The largest absolute Gasteiger partial charge is 0.391 e. The molecule has 92 valence electrons. The van der Waals surface area contributed by atoms with E-state index in [0.29, 0.717) is 19.5 Å². The van der Waals surface area contributed by atoms with E-state index in [2.05, 4.69) is 21.2 Å². The Labute approximate surface area is 109 Å². The number of urea groups is 1. The molecule has 1 aromatic carbocycles. The first-order chi connectivity index (χ1) is 8.08. The van der Waals surface area contributed by atoms with Gasteiger partial charge in [0.15, 0.2) is 0 Å². The molecule has 0 aliphatic carbocycles. The number of aliphatic hydroxyl groups excluding tert-OH is 1. The number of nitrogens with one attached hydrogen (secondary N) is 1. The van der Waals surface area contributed by atoms with Gasteiger partial charge in [-0.2, -0.15) is 0 Å². The zero-order chi connectivity index (χ0) is 12.4. The second-order valence-corrected chi connectivity index (χ2v) is 5.09. The number of hydrogen-bond donors (Lipinski definition) is 2. The lowest BCUT2D eigenvalue weighted by Crippen LogP contribution is -2.33. The van der Waals surface area contributed by atoms with Crippen molar-refractivity contribution in [2.24, 2.45) is 0 Å². The third-order valence-electron chi connectivity index (χ3n) is 2.96. The van der Waals surface area contributed by atoms with Gasteiger partial charge in [0.05, 0.1) is 6.10 Å². The van der Waals surface area contributed by atoms with Crippen LogP contribution in [-0.4, -0.2) is 35.2 Å². The van der Waals surface area contributed by atoms with Crippen LogP contribution in [0, 0.1) is 6.92 Å². The highest BCUT2D eigenvalue weighted by Gasteiger charge is 2.24. The topological polar surface area (TPSA) is 52.6 Å². The average molecular weight is 299 g/mol. The molecule has 17 heavy (non-hydrogen) atoms. The molecular weight excluding hydrogens is 284 g/mol. The molecule has 0 radical (unpaired) electrons. The maximum absolute atomic E-state index is 11.9. The van der Waals surface area contributed by atoms with Crippen molar-refractivity contribution in [3.8, 4) is 0 Å². The summed E-state index contributed by atoms with van der Waals surface area (Å²) in [5.74, 6) is 0. The fourth-order valence-corrected chi connectivity index (χ4v) is 2.23. The van der Waals surface area contributed by atoms with E-state index in [4.69, 9.17) is 0 Å². The van der Waals surface area contributed by atoms with E-state index in [0.717, 1.165) is 15.7 Å². The lowest BCUT2D eigenvalue weighted by molar-refractivity contribution is 0.176. The Hall–Kier alpha value is -1.07. The van der Waals surface area contributed by atoms with Gasteiger partial charge in [-0.15, -0.1) is 0 Å². The Morgan fingerprint density at radius 1 is 1.59 bits per heavy atom. The van der Waals surface area contributed by atoms with Crippen molar-refractivity contribution in [2.75, 3.05) is 18.4 Å². The van der Waals surface area contributed by atoms with E-state index >= 15 is 0 Å². The minimum atomic E-state index is -0.385. The van der Waals surface area contributed by atoms with Crippen LogP contribution >= 0.6 is 15.9 Å². The van der Waals surface area contributed by atoms with Gasteiger partial charge < -0.3 is 15.3 Å². The van der Waals surface area contributed by atoms with Crippen molar-refractivity contribution in [1.29, 1.82) is 0 Å². The molecule has 1 aliphatic heterocycles. The maximum Gasteiger partial charge on any atom is 0.321 e. The molecule has 2 amide bonds. The van der Waals surface area contributed by atoms with Gasteiger partial charge in [0.25, 0.3) is 0 Å². The van der Waals surface area contributed by atoms with Gasteiger partial charge in [-0.3, -0.25) is 0 Å². The third-order valence-corrected chi connectivity index (χ3v) is 3.82. The number of nitrogens with zero attached hydrogens (tertiary/aromatic N) is 1. The normalized spacial score (nSPS) is 19.5. The van der Waals surface area contributed by atoms with Crippen molar-refractivity contribution >= 4 is 27.6 Å². The first-order valence-corrected chi connectivity index (χ1v) is 6.36. The molecule has 1 aliphatic rings. The Bertz CT molecular complexity index is 437. The van der Waals surface area contributed by atoms with Gasteiger partial charge in [-0.25, -0.2) is 4.79 Å². The van der Waals surface area contributed by atoms with Gasteiger partial charge >= 0.3 is 6.03 Å². The number of β-amino-alcohol motifs (C(OH)–C–C–N with tert-alkyl or cyclic N) is 1. The number of halogens is 1. The molecule has 2 rings (SSSR count). The predicted octanol–water partition coefficient (Wildman–Crippen LogP) is 2.36. The Balaban J connectivity index is 2.06. The number of anilines is 1. The van der Waals surface area contributed by atoms with E-state index in [-0.39, 0.29) is 12.1 Å². The number of aliphatic hydroxyl groups is 1. The van der Waals surface area contributed by atoms with Crippen LogP contribution < -0.4 is 5.32 Å². The van der Waals surface area contributed by atoms with Gasteiger partial charge in [-0.1, -0.05) is 22.0 Å². The minimum Gasteiger partial charge on any atom is -0.391 e. The van der Waals surface area contributed by atoms with Crippen molar-refractivity contribution in [3.05, 3.63) is 28.2 Å². The number of rotatable bonds is 1. The van der Waals surface area contributed by atoms with Crippen LogP contribution in [0.5, 0.6) is 0 Å². The first-order valence-electron chi connectivity index (χ1n) is 5.57. The number of carbonyl (C=O) groups is 1. The van der Waals surface area contributed by atoms with E-state index in [9.17, 15) is 9.90 Å². The molecule has 0 bridgehead atoms. The molecule has 5 heteroatoms. The molecule has 0 spiro atoms. The molecule has 0 aromatic heterocycles. The summed E-state index contributed by atoms with van der Waals surface area (Å²) in [4.78, 5) is 13.5. The van der Waals surface area contributed by atoms with Crippen molar-refractivity contribution in [1.82, 2.24) is 4.90 Å². The minimum absolute atomic E-state index is 0.150. The fraction of sp³-hybridized carbons (Fsp3) is 0.417. The molecule has 1 heterocycles. The Kier molecular flexibility index (Phi) is 3.69. The van der Waals surface area contributed by atoms with Gasteiger partial charge in [-0.05, 0) is 31.0 Å². The smallest absolute Gasteiger partial charge is 0.321 e. The summed E-state index contributed by atoms with van der Waals surface area (Å²) in [7, 11) is 0. The summed E-state index contributed by atoms with van der Waals surface area (Å²) in [6.07, 6.45) is 0.273.